The second-order valence-corrected chi connectivity index (χ2v) is 14.0. The summed E-state index contributed by atoms with van der Waals surface area (Å²) in [4.78, 5) is 42.4. The van der Waals surface area contributed by atoms with Gasteiger partial charge in [-0.1, -0.05) is 11.6 Å². The molecule has 49 heavy (non-hydrogen) atoms. The predicted molar refractivity (Wildman–Crippen MR) is 179 cm³/mol. The van der Waals surface area contributed by atoms with Crippen molar-refractivity contribution in [2.75, 3.05) is 24.2 Å². The number of hydrogen-bond acceptors (Lipinski definition) is 10. The van der Waals surface area contributed by atoms with Crippen molar-refractivity contribution < 1.29 is 37.4 Å². The summed E-state index contributed by atoms with van der Waals surface area (Å²) in [6.07, 6.45) is 4.75. The van der Waals surface area contributed by atoms with Crippen LogP contribution in [0.15, 0.2) is 47.9 Å². The molecule has 0 atom stereocenters. The first-order valence-corrected chi connectivity index (χ1v) is 16.4. The van der Waals surface area contributed by atoms with E-state index in [1.165, 1.54) is 51.7 Å². The molecular weight excluding hydrogens is 686 g/mol. The lowest BCUT2D eigenvalue weighted by molar-refractivity contribution is -0.0495. The average molecular weight is 723 g/mol. The number of benzene rings is 1. The summed E-state index contributed by atoms with van der Waals surface area (Å²) in [5, 5.41) is 16.9. The fraction of sp³-hybridized carbons (Fsp3) is 0.419. The fourth-order valence-corrected chi connectivity index (χ4v) is 5.38. The van der Waals surface area contributed by atoms with Crippen LogP contribution >= 0.6 is 23.4 Å². The van der Waals surface area contributed by atoms with Gasteiger partial charge in [0.25, 0.3) is 5.91 Å². The van der Waals surface area contributed by atoms with Gasteiger partial charge in [-0.2, -0.15) is 19.0 Å². The molecular formula is C31H37ClF2N8O6S. The van der Waals surface area contributed by atoms with Gasteiger partial charge in [-0.15, -0.1) is 11.8 Å². The van der Waals surface area contributed by atoms with Gasteiger partial charge in [0.15, 0.2) is 5.65 Å². The molecule has 0 fully saturated rings. The Balaban J connectivity index is 1.65. The van der Waals surface area contributed by atoms with E-state index in [1.54, 1.807) is 53.8 Å². The molecule has 4 aromatic rings. The van der Waals surface area contributed by atoms with Crippen LogP contribution in [0.25, 0.3) is 16.9 Å². The van der Waals surface area contributed by atoms with E-state index in [-0.39, 0.29) is 52.9 Å². The number of fused-ring (bicyclic) bond motifs is 1. The molecule has 0 saturated heterocycles. The lowest BCUT2D eigenvalue weighted by Crippen LogP contribution is -2.34. The number of thioether (sulfide) groups is 1. The number of rotatable bonds is 12. The largest absolute Gasteiger partial charge is 0.444 e. The molecule has 264 valence electrons. The van der Waals surface area contributed by atoms with Crippen LogP contribution in [0.3, 0.4) is 0 Å². The Morgan fingerprint density at radius 2 is 1.69 bits per heavy atom. The molecule has 1 aromatic carbocycles. The van der Waals surface area contributed by atoms with E-state index >= 15 is 0 Å². The molecule has 3 aromatic heterocycles. The number of anilines is 1. The monoisotopic (exact) mass is 722 g/mol. The highest BCUT2D eigenvalue weighted by Gasteiger charge is 2.24. The van der Waals surface area contributed by atoms with Gasteiger partial charge in [-0.05, 0) is 53.7 Å². The van der Waals surface area contributed by atoms with E-state index in [1.807, 2.05) is 0 Å². The Kier molecular flexibility index (Phi) is 11.9. The Hall–Kier alpha value is -4.64. The van der Waals surface area contributed by atoms with E-state index < -0.39 is 35.9 Å². The van der Waals surface area contributed by atoms with Gasteiger partial charge >= 0.3 is 18.8 Å². The van der Waals surface area contributed by atoms with Crippen molar-refractivity contribution in [1.29, 1.82) is 0 Å². The van der Waals surface area contributed by atoms with Gasteiger partial charge in [0.1, 0.15) is 28.2 Å². The highest BCUT2D eigenvalue weighted by Crippen LogP contribution is 2.41. The third-order valence-corrected chi connectivity index (χ3v) is 7.56. The molecule has 14 nitrogen and oxygen atoms in total. The highest BCUT2D eigenvalue weighted by atomic mass is 35.5. The molecule has 0 aliphatic rings. The smallest absolute Gasteiger partial charge is 0.407 e. The van der Waals surface area contributed by atoms with Crippen LogP contribution in [-0.2, 0) is 16.0 Å². The molecule has 4 rings (SSSR count). The normalized spacial score (nSPS) is 11.8. The standard InChI is InChI=1S/C31H37ClF2N8O6S/c1-30(2,3)47-28(44)36-9-12-41-17-21(39-26(43)19-16-38-42-11-7-8-35-25(19)42)24(40-41)18-14-23(20(32)15-22(18)46-27(33)34)49-13-10-37-29(45)48-31(4,5)6/h7-8,11,14-17,27H,9-10,12-13H2,1-6H3,(H,36,44)(H,37,45)(H,39,43). The van der Waals surface area contributed by atoms with Crippen molar-refractivity contribution in [3.8, 4) is 17.0 Å². The van der Waals surface area contributed by atoms with Crippen LogP contribution in [0.4, 0.5) is 24.1 Å². The summed E-state index contributed by atoms with van der Waals surface area (Å²) in [5.74, 6) is -0.528. The summed E-state index contributed by atoms with van der Waals surface area (Å²) in [7, 11) is 0. The van der Waals surface area contributed by atoms with Gasteiger partial charge in [-0.3, -0.25) is 9.48 Å². The molecule has 0 bridgehead atoms. The topological polar surface area (TPSA) is 163 Å². The first-order chi connectivity index (χ1) is 23.0. The molecule has 3 N–H and O–H groups in total. The number of aromatic nitrogens is 5. The van der Waals surface area contributed by atoms with E-state index in [0.29, 0.717) is 16.3 Å². The average Bonchev–Trinajstić information content (AvgIpc) is 3.58. The number of carbonyl (C=O) groups excluding carboxylic acids is 3. The fourth-order valence-electron chi connectivity index (χ4n) is 4.24. The minimum Gasteiger partial charge on any atom is -0.444 e. The molecule has 0 aliphatic heterocycles. The molecule has 0 radical (unpaired) electrons. The van der Waals surface area contributed by atoms with Crippen LogP contribution in [-0.4, -0.2) is 79.1 Å². The third kappa shape index (κ3) is 10.9. The minimum atomic E-state index is -3.20. The number of carbonyl (C=O) groups is 3. The molecule has 3 amide bonds. The zero-order chi connectivity index (χ0) is 35.9. The zero-order valence-electron chi connectivity index (χ0n) is 27.7. The van der Waals surface area contributed by atoms with Crippen molar-refractivity contribution in [2.45, 2.75) is 70.8 Å². The van der Waals surface area contributed by atoms with Crippen LogP contribution in [0.1, 0.15) is 51.9 Å². The van der Waals surface area contributed by atoms with E-state index in [2.05, 4.69) is 31.1 Å². The lowest BCUT2D eigenvalue weighted by Gasteiger charge is -2.19. The molecule has 0 aliphatic carbocycles. The highest BCUT2D eigenvalue weighted by molar-refractivity contribution is 7.99. The number of halogens is 3. The molecule has 3 heterocycles. The third-order valence-electron chi connectivity index (χ3n) is 6.08. The Labute approximate surface area is 290 Å². The van der Waals surface area contributed by atoms with Crippen molar-refractivity contribution in [1.82, 2.24) is 35.0 Å². The van der Waals surface area contributed by atoms with E-state index in [0.717, 1.165) is 0 Å². The summed E-state index contributed by atoms with van der Waals surface area (Å²) in [6.45, 7) is 7.67. The second-order valence-electron chi connectivity index (χ2n) is 12.4. The van der Waals surface area contributed by atoms with Gasteiger partial charge < -0.3 is 30.2 Å². The lowest BCUT2D eigenvalue weighted by atomic mass is 10.1. The summed E-state index contributed by atoms with van der Waals surface area (Å²) in [6, 6.07) is 4.40. The number of alkyl halides is 2. The number of amides is 3. The molecule has 0 spiro atoms. The summed E-state index contributed by atoms with van der Waals surface area (Å²) < 4.78 is 45.4. The molecule has 0 unspecified atom stereocenters. The second kappa shape index (κ2) is 15.7. The number of nitrogens with zero attached hydrogens (tertiary/aromatic N) is 5. The van der Waals surface area contributed by atoms with Crippen LogP contribution < -0.4 is 20.7 Å². The summed E-state index contributed by atoms with van der Waals surface area (Å²) >= 11 is 7.72. The minimum absolute atomic E-state index is 0.0797. The first-order valence-electron chi connectivity index (χ1n) is 15.0. The van der Waals surface area contributed by atoms with Crippen molar-refractivity contribution in [3.63, 3.8) is 0 Å². The number of hydrogen-bond donors (Lipinski definition) is 3. The van der Waals surface area contributed by atoms with E-state index in [4.69, 9.17) is 25.8 Å². The van der Waals surface area contributed by atoms with Crippen molar-refractivity contribution >= 4 is 52.8 Å². The van der Waals surface area contributed by atoms with E-state index in [9.17, 15) is 23.2 Å². The molecule has 0 saturated carbocycles. The van der Waals surface area contributed by atoms with Crippen LogP contribution in [0, 0.1) is 0 Å². The zero-order valence-corrected chi connectivity index (χ0v) is 29.2. The predicted octanol–water partition coefficient (Wildman–Crippen LogP) is 6.24. The Morgan fingerprint density at radius 1 is 1.02 bits per heavy atom. The van der Waals surface area contributed by atoms with Crippen LogP contribution in [0.5, 0.6) is 5.75 Å². The summed E-state index contributed by atoms with van der Waals surface area (Å²) in [5.41, 5.74) is -0.607. The van der Waals surface area contributed by atoms with Gasteiger partial charge in [-0.25, -0.2) is 19.1 Å². The number of nitrogens with one attached hydrogen (secondary N) is 3. The first kappa shape index (κ1) is 37.2. The maximum Gasteiger partial charge on any atom is 0.407 e. The van der Waals surface area contributed by atoms with Gasteiger partial charge in [0.05, 0.1) is 23.5 Å². The quantitative estimate of drug-likeness (QED) is 0.113. The number of alkyl carbamates (subject to hydrolysis) is 2. The van der Waals surface area contributed by atoms with Crippen LogP contribution in [0.2, 0.25) is 5.02 Å². The maximum atomic E-state index is 13.6. The number of ether oxygens (including phenoxy) is 3. The van der Waals surface area contributed by atoms with Gasteiger partial charge in [0.2, 0.25) is 0 Å². The maximum absolute atomic E-state index is 13.6. The molecule has 18 heteroatoms. The Bertz CT molecular complexity index is 1800. The van der Waals surface area contributed by atoms with Crippen molar-refractivity contribution in [3.05, 3.63) is 53.6 Å². The Morgan fingerprint density at radius 3 is 2.35 bits per heavy atom. The SMILES string of the molecule is CC(C)(C)OC(=O)NCCSc1cc(-c2nn(CCNC(=O)OC(C)(C)C)cc2NC(=O)c2cnn3cccnc23)c(OC(F)F)cc1Cl. The van der Waals surface area contributed by atoms with Gasteiger partial charge in [0, 0.05) is 54.0 Å². The van der Waals surface area contributed by atoms with Crippen molar-refractivity contribution in [2.24, 2.45) is 0 Å².